The lowest BCUT2D eigenvalue weighted by Crippen LogP contribution is -2.55. The Labute approximate surface area is 220 Å². The van der Waals surface area contributed by atoms with Crippen LogP contribution in [0.25, 0.3) is 0 Å². The van der Waals surface area contributed by atoms with Gasteiger partial charge in [-0.3, -0.25) is 0 Å². The number of hydrogen-bond acceptors (Lipinski definition) is 2. The first-order valence-electron chi connectivity index (χ1n) is 14.9. The van der Waals surface area contributed by atoms with Crippen LogP contribution in [0.3, 0.4) is 0 Å². The van der Waals surface area contributed by atoms with Crippen LogP contribution < -0.4 is 0 Å². The summed E-state index contributed by atoms with van der Waals surface area (Å²) in [5.74, 6) is 4.79. The van der Waals surface area contributed by atoms with Crippen LogP contribution >= 0.6 is 0 Å². The molecule has 0 bridgehead atoms. The molecular formula is C31H58O2Si2. The Kier molecular flexibility index (Phi) is 6.97. The maximum Gasteiger partial charge on any atom is 0.250 e. The van der Waals surface area contributed by atoms with Gasteiger partial charge in [0, 0.05) is 6.42 Å². The van der Waals surface area contributed by atoms with Crippen molar-refractivity contribution >= 4 is 16.6 Å². The van der Waals surface area contributed by atoms with E-state index in [0.717, 1.165) is 23.7 Å². The van der Waals surface area contributed by atoms with E-state index < -0.39 is 16.6 Å². The van der Waals surface area contributed by atoms with Crippen molar-refractivity contribution in [2.24, 2.45) is 34.5 Å². The SMILES string of the molecule is CC(C)(C)[Si](C)(C)OC1=CC[C@]2(C)C3CC[C@@]4(C)C(CC[C@@H]4O[Si](C)(C)C(C)(C)C)C3CC[C@H]2C1. The first-order valence-corrected chi connectivity index (χ1v) is 20.7. The molecule has 3 fully saturated rings. The summed E-state index contributed by atoms with van der Waals surface area (Å²) >= 11 is 0. The number of fused-ring (bicyclic) bond motifs is 5. The van der Waals surface area contributed by atoms with Crippen LogP contribution in [0.1, 0.15) is 107 Å². The second kappa shape index (κ2) is 8.73. The third-order valence-corrected chi connectivity index (χ3v) is 21.5. The lowest BCUT2D eigenvalue weighted by Gasteiger charge is -2.60. The van der Waals surface area contributed by atoms with E-state index in [-0.39, 0.29) is 5.04 Å². The van der Waals surface area contributed by atoms with Crippen LogP contribution in [0.15, 0.2) is 11.8 Å². The van der Waals surface area contributed by atoms with Crippen LogP contribution in [-0.2, 0) is 8.85 Å². The Bertz CT molecular complexity index is 832. The normalized spacial score (nSPS) is 40.5. The highest BCUT2D eigenvalue weighted by Crippen LogP contribution is 2.67. The van der Waals surface area contributed by atoms with Gasteiger partial charge in [0.2, 0.25) is 8.32 Å². The Balaban J connectivity index is 1.50. The van der Waals surface area contributed by atoms with Crippen LogP contribution in [0, 0.1) is 34.5 Å². The zero-order chi connectivity index (χ0) is 26.2. The van der Waals surface area contributed by atoms with Gasteiger partial charge in [-0.2, -0.15) is 0 Å². The zero-order valence-corrected chi connectivity index (χ0v) is 27.4. The van der Waals surface area contributed by atoms with E-state index in [4.69, 9.17) is 8.85 Å². The molecule has 3 unspecified atom stereocenters. The minimum Gasteiger partial charge on any atom is -0.547 e. The van der Waals surface area contributed by atoms with E-state index in [2.05, 4.69) is 87.7 Å². The van der Waals surface area contributed by atoms with E-state index >= 15 is 0 Å². The molecule has 0 amide bonds. The molecule has 7 atom stereocenters. The van der Waals surface area contributed by atoms with Crippen molar-refractivity contribution in [1.82, 2.24) is 0 Å². The Hall–Kier alpha value is -0.0662. The summed E-state index contributed by atoms with van der Waals surface area (Å²) in [6.07, 6.45) is 13.7. The molecule has 0 aliphatic heterocycles. The van der Waals surface area contributed by atoms with Gasteiger partial charge in [0.1, 0.15) is 0 Å². The first-order chi connectivity index (χ1) is 15.8. The van der Waals surface area contributed by atoms with Gasteiger partial charge in [-0.05, 0) is 122 Å². The fourth-order valence-electron chi connectivity index (χ4n) is 8.09. The van der Waals surface area contributed by atoms with Crippen molar-refractivity contribution in [2.75, 3.05) is 0 Å². The van der Waals surface area contributed by atoms with Crippen molar-refractivity contribution < 1.29 is 8.85 Å². The molecule has 202 valence electrons. The molecule has 0 aromatic rings. The smallest absolute Gasteiger partial charge is 0.250 e. The average Bonchev–Trinajstić information content (AvgIpc) is 3.02. The molecule has 0 spiro atoms. The molecule has 0 saturated heterocycles. The predicted octanol–water partition coefficient (Wildman–Crippen LogP) is 9.94. The van der Waals surface area contributed by atoms with Gasteiger partial charge in [0.05, 0.1) is 11.9 Å². The van der Waals surface area contributed by atoms with E-state index in [1.165, 1.54) is 57.1 Å². The van der Waals surface area contributed by atoms with Gasteiger partial charge in [-0.1, -0.05) is 55.4 Å². The summed E-state index contributed by atoms with van der Waals surface area (Å²) in [5.41, 5.74) is 0.851. The van der Waals surface area contributed by atoms with E-state index in [1.54, 1.807) is 0 Å². The highest BCUT2D eigenvalue weighted by Gasteiger charge is 2.61. The summed E-state index contributed by atoms with van der Waals surface area (Å²) in [5, 5.41) is 0.564. The van der Waals surface area contributed by atoms with Crippen LogP contribution in [-0.4, -0.2) is 22.7 Å². The quantitative estimate of drug-likeness (QED) is 0.345. The number of hydrogen-bond donors (Lipinski definition) is 0. The second-order valence-electron chi connectivity index (χ2n) is 16.6. The van der Waals surface area contributed by atoms with Gasteiger partial charge < -0.3 is 8.85 Å². The summed E-state index contributed by atoms with van der Waals surface area (Å²) in [7, 11) is -3.49. The molecule has 2 nitrogen and oxygen atoms in total. The van der Waals surface area contributed by atoms with E-state index in [0.29, 0.717) is 22.0 Å². The topological polar surface area (TPSA) is 18.5 Å². The molecule has 0 aromatic carbocycles. The summed E-state index contributed by atoms with van der Waals surface area (Å²) in [6, 6.07) is 0. The maximum absolute atomic E-state index is 7.15. The van der Waals surface area contributed by atoms with Crippen molar-refractivity contribution in [1.29, 1.82) is 0 Å². The highest BCUT2D eigenvalue weighted by molar-refractivity contribution is 6.74. The third-order valence-electron chi connectivity index (χ3n) is 12.6. The molecule has 0 heterocycles. The van der Waals surface area contributed by atoms with E-state index in [9.17, 15) is 0 Å². The van der Waals surface area contributed by atoms with Gasteiger partial charge in [0.15, 0.2) is 8.32 Å². The lowest BCUT2D eigenvalue weighted by atomic mass is 9.46. The molecule has 3 saturated carbocycles. The molecule has 4 aliphatic carbocycles. The molecule has 0 N–H and O–H groups in total. The van der Waals surface area contributed by atoms with Crippen molar-refractivity contribution in [3.05, 3.63) is 11.8 Å². The average molecular weight is 519 g/mol. The van der Waals surface area contributed by atoms with Gasteiger partial charge in [0.25, 0.3) is 0 Å². The molecule has 4 aliphatic rings. The first kappa shape index (κ1) is 28.0. The minimum atomic E-state index is -1.76. The summed E-state index contributed by atoms with van der Waals surface area (Å²) in [6.45, 7) is 29.3. The maximum atomic E-state index is 7.15. The van der Waals surface area contributed by atoms with Crippen LogP contribution in [0.5, 0.6) is 0 Å². The third kappa shape index (κ3) is 4.69. The number of allylic oxidation sites excluding steroid dienone is 2. The Morgan fingerprint density at radius 1 is 0.771 bits per heavy atom. The van der Waals surface area contributed by atoms with Gasteiger partial charge in [-0.25, -0.2) is 0 Å². The van der Waals surface area contributed by atoms with Gasteiger partial charge >= 0.3 is 0 Å². The molecule has 0 radical (unpaired) electrons. The monoisotopic (exact) mass is 518 g/mol. The molecule has 0 aromatic heterocycles. The molecule has 4 heteroatoms. The van der Waals surface area contributed by atoms with Gasteiger partial charge in [-0.15, -0.1) is 0 Å². The zero-order valence-electron chi connectivity index (χ0n) is 25.4. The van der Waals surface area contributed by atoms with Crippen molar-refractivity contribution in [3.63, 3.8) is 0 Å². The summed E-state index contributed by atoms with van der Waals surface area (Å²) in [4.78, 5) is 0. The van der Waals surface area contributed by atoms with Crippen LogP contribution in [0.2, 0.25) is 36.3 Å². The van der Waals surface area contributed by atoms with Crippen LogP contribution in [0.4, 0.5) is 0 Å². The minimum absolute atomic E-state index is 0.269. The lowest BCUT2D eigenvalue weighted by molar-refractivity contribution is -0.109. The van der Waals surface area contributed by atoms with Crippen molar-refractivity contribution in [2.45, 2.75) is 149 Å². The van der Waals surface area contributed by atoms with Crippen molar-refractivity contribution in [3.8, 4) is 0 Å². The summed E-state index contributed by atoms with van der Waals surface area (Å²) < 4.78 is 14.0. The number of rotatable bonds is 4. The fourth-order valence-corrected chi connectivity index (χ4v) is 10.7. The standard InChI is InChI=1S/C31H58O2Si2/c1-28(2,3)34(9,10)32-23-17-19-30(7)22(21-23)13-14-24-25-15-16-27(31(25,8)20-18-26(24)30)33-35(11,12)29(4,5)6/h17,22,24-27H,13-16,18-21H2,1-12H3/t22-,24?,25?,26?,27-,30-,31-/m0/s1. The predicted molar refractivity (Wildman–Crippen MR) is 156 cm³/mol. The molecule has 4 rings (SSSR count). The Morgan fingerprint density at radius 3 is 1.97 bits per heavy atom. The second-order valence-corrected chi connectivity index (χ2v) is 26.1. The van der Waals surface area contributed by atoms with E-state index in [1.807, 2.05) is 0 Å². The highest BCUT2D eigenvalue weighted by atomic mass is 28.4. The fraction of sp³-hybridized carbons (Fsp3) is 0.935. The molecule has 35 heavy (non-hydrogen) atoms. The molecular weight excluding hydrogens is 461 g/mol. The largest absolute Gasteiger partial charge is 0.547 e. The Morgan fingerprint density at radius 2 is 1.37 bits per heavy atom.